The van der Waals surface area contributed by atoms with E-state index in [1.54, 1.807) is 30.5 Å². The molecule has 6 rings (SSSR count). The maximum Gasteiger partial charge on any atom is 0.410 e. The summed E-state index contributed by atoms with van der Waals surface area (Å²) in [5, 5.41) is 0.620. The fourth-order valence-corrected chi connectivity index (χ4v) is 7.46. The maximum absolute atomic E-state index is 14.2. The van der Waals surface area contributed by atoms with Crippen LogP contribution in [0, 0.1) is 6.92 Å². The van der Waals surface area contributed by atoms with E-state index in [2.05, 4.69) is 19.9 Å². The van der Waals surface area contributed by atoms with E-state index in [0.717, 1.165) is 24.2 Å². The first-order chi connectivity index (χ1) is 20.3. The van der Waals surface area contributed by atoms with E-state index in [9.17, 15) is 13.2 Å². The molecule has 0 spiro atoms. The highest BCUT2D eigenvalue weighted by atomic mass is 32.2. The van der Waals surface area contributed by atoms with E-state index in [4.69, 9.17) is 4.74 Å². The number of hydrogen-bond donors (Lipinski definition) is 0. The summed E-state index contributed by atoms with van der Waals surface area (Å²) >= 11 is 0. The van der Waals surface area contributed by atoms with Gasteiger partial charge in [0.05, 0.1) is 28.1 Å². The Morgan fingerprint density at radius 1 is 0.977 bits per heavy atom. The van der Waals surface area contributed by atoms with E-state index in [1.165, 1.54) is 10.3 Å². The standard InChI is InChI=1S/C31H37N7O4S/c1-20-7-12-24(13-8-20)43(40,41)38-26(21-9-14-27(32-16-21)35(5)6)15-25-28(33-19-34-29(25)38)36-17-22-10-11-23(18-36)37(22)30(39)42-31(2,3)4/h7-9,12-16,19,22-23H,10-11,17-18H2,1-6H3. The molecule has 43 heavy (non-hydrogen) atoms. The van der Waals surface area contributed by atoms with Crippen LogP contribution in [-0.4, -0.2) is 83.2 Å². The summed E-state index contributed by atoms with van der Waals surface area (Å²) in [4.78, 5) is 32.8. The first kappa shape index (κ1) is 28.9. The van der Waals surface area contributed by atoms with E-state index in [-0.39, 0.29) is 23.1 Å². The van der Waals surface area contributed by atoms with Gasteiger partial charge in [0, 0.05) is 38.9 Å². The Kier molecular flexibility index (Phi) is 7.07. The van der Waals surface area contributed by atoms with Crippen molar-refractivity contribution in [3.05, 3.63) is 60.6 Å². The van der Waals surface area contributed by atoms with Gasteiger partial charge >= 0.3 is 6.09 Å². The van der Waals surface area contributed by atoms with Gasteiger partial charge < -0.3 is 14.5 Å². The van der Waals surface area contributed by atoms with Crippen LogP contribution in [0.25, 0.3) is 22.3 Å². The third-order valence-corrected chi connectivity index (χ3v) is 9.70. The monoisotopic (exact) mass is 603 g/mol. The molecule has 2 bridgehead atoms. The smallest absolute Gasteiger partial charge is 0.410 e. The molecule has 11 nitrogen and oxygen atoms in total. The third-order valence-electron chi connectivity index (χ3n) is 7.98. The summed E-state index contributed by atoms with van der Waals surface area (Å²) in [6.45, 7) is 8.66. The number of carbonyl (C=O) groups excluding carboxylic acids is 1. The zero-order valence-corrected chi connectivity index (χ0v) is 26.2. The molecule has 0 N–H and O–H groups in total. The summed E-state index contributed by atoms with van der Waals surface area (Å²) in [6.07, 6.45) is 4.54. The summed E-state index contributed by atoms with van der Waals surface area (Å²) in [5.41, 5.74) is 1.77. The molecule has 226 valence electrons. The van der Waals surface area contributed by atoms with Crippen LogP contribution in [0.15, 0.2) is 59.9 Å². The normalized spacial score (nSPS) is 18.7. The van der Waals surface area contributed by atoms with Crippen molar-refractivity contribution < 1.29 is 17.9 Å². The van der Waals surface area contributed by atoms with Crippen molar-refractivity contribution in [1.29, 1.82) is 0 Å². The number of fused-ring (bicyclic) bond motifs is 3. The number of aryl methyl sites for hydroxylation is 1. The predicted molar refractivity (Wildman–Crippen MR) is 166 cm³/mol. The second-order valence-electron chi connectivity index (χ2n) is 12.5. The number of aromatic nitrogens is 4. The molecule has 2 aliphatic heterocycles. The van der Waals surface area contributed by atoms with Gasteiger partial charge in [0.15, 0.2) is 5.65 Å². The molecule has 1 aromatic carbocycles. The number of nitrogens with zero attached hydrogens (tertiary/aromatic N) is 7. The van der Waals surface area contributed by atoms with E-state index < -0.39 is 15.6 Å². The minimum atomic E-state index is -4.04. The van der Waals surface area contributed by atoms with Crippen LogP contribution in [-0.2, 0) is 14.8 Å². The number of ether oxygens (including phenoxy) is 1. The minimum absolute atomic E-state index is 0.0285. The molecule has 2 aliphatic rings. The largest absolute Gasteiger partial charge is 0.444 e. The van der Waals surface area contributed by atoms with Crippen molar-refractivity contribution in [2.45, 2.75) is 63.1 Å². The Morgan fingerprint density at radius 2 is 1.65 bits per heavy atom. The fraction of sp³-hybridized carbons (Fsp3) is 0.419. The number of piperazine rings is 1. The van der Waals surface area contributed by atoms with Gasteiger partial charge in [-0.2, -0.15) is 0 Å². The Bertz CT molecular complexity index is 1760. The van der Waals surface area contributed by atoms with Crippen molar-refractivity contribution in [3.63, 3.8) is 0 Å². The van der Waals surface area contributed by atoms with E-state index >= 15 is 0 Å². The summed E-state index contributed by atoms with van der Waals surface area (Å²) in [7, 11) is -0.236. The van der Waals surface area contributed by atoms with Crippen molar-refractivity contribution in [2.75, 3.05) is 37.0 Å². The van der Waals surface area contributed by atoms with Gasteiger partial charge in [-0.05, 0) is 70.9 Å². The molecule has 2 unspecified atom stereocenters. The zero-order chi connectivity index (χ0) is 30.7. The van der Waals surface area contributed by atoms with Gasteiger partial charge in [0.1, 0.15) is 23.6 Å². The van der Waals surface area contributed by atoms with Gasteiger partial charge in [-0.1, -0.05) is 17.7 Å². The topological polar surface area (TPSA) is 114 Å². The molecule has 4 aromatic rings. The summed E-state index contributed by atoms with van der Waals surface area (Å²) in [6, 6.07) is 12.3. The molecule has 2 atom stereocenters. The first-order valence-corrected chi connectivity index (χ1v) is 15.9. The lowest BCUT2D eigenvalue weighted by Crippen LogP contribution is -2.57. The Balaban J connectivity index is 1.45. The average molecular weight is 604 g/mol. The lowest BCUT2D eigenvalue weighted by Gasteiger charge is -2.41. The molecule has 2 saturated heterocycles. The van der Waals surface area contributed by atoms with Crippen molar-refractivity contribution in [1.82, 2.24) is 23.8 Å². The number of benzene rings is 1. The number of amides is 1. The Hall–Kier alpha value is -4.19. The van der Waals surface area contributed by atoms with Crippen LogP contribution >= 0.6 is 0 Å². The molecule has 0 radical (unpaired) electrons. The third kappa shape index (κ3) is 5.28. The van der Waals surface area contributed by atoms with Gasteiger partial charge in [0.2, 0.25) is 0 Å². The molecule has 0 aliphatic carbocycles. The number of hydrogen-bond acceptors (Lipinski definition) is 9. The van der Waals surface area contributed by atoms with Crippen LogP contribution in [0.1, 0.15) is 39.2 Å². The van der Waals surface area contributed by atoms with Crippen molar-refractivity contribution in [3.8, 4) is 11.3 Å². The Morgan fingerprint density at radius 3 is 2.23 bits per heavy atom. The van der Waals surface area contributed by atoms with Crippen LogP contribution in [0.5, 0.6) is 0 Å². The molecular weight excluding hydrogens is 566 g/mol. The minimum Gasteiger partial charge on any atom is -0.444 e. The van der Waals surface area contributed by atoms with E-state index in [1.807, 2.05) is 69.8 Å². The molecule has 1 amide bonds. The quantitative estimate of drug-likeness (QED) is 0.320. The van der Waals surface area contributed by atoms with Crippen LogP contribution in [0.3, 0.4) is 0 Å². The van der Waals surface area contributed by atoms with Crippen LogP contribution in [0.4, 0.5) is 16.4 Å². The van der Waals surface area contributed by atoms with Gasteiger partial charge in [-0.3, -0.25) is 4.90 Å². The SMILES string of the molecule is Cc1ccc(S(=O)(=O)n2c(-c3ccc(N(C)C)nc3)cc3c(N4CC5CCC(C4)N5C(=O)OC(C)(C)C)ncnc32)cc1. The predicted octanol–water partition coefficient (Wildman–Crippen LogP) is 4.69. The fourth-order valence-electron chi connectivity index (χ4n) is 5.98. The number of rotatable bonds is 5. The van der Waals surface area contributed by atoms with E-state index in [0.29, 0.717) is 41.2 Å². The summed E-state index contributed by atoms with van der Waals surface area (Å²) < 4.78 is 35.5. The highest BCUT2D eigenvalue weighted by Gasteiger charge is 2.45. The van der Waals surface area contributed by atoms with Gasteiger partial charge in [0.25, 0.3) is 10.0 Å². The molecule has 12 heteroatoms. The maximum atomic E-state index is 14.2. The second kappa shape index (κ2) is 10.5. The summed E-state index contributed by atoms with van der Waals surface area (Å²) in [5.74, 6) is 1.40. The van der Waals surface area contributed by atoms with Crippen molar-refractivity contribution >= 4 is 38.8 Å². The molecule has 5 heterocycles. The molecule has 3 aromatic heterocycles. The zero-order valence-electron chi connectivity index (χ0n) is 25.4. The Labute approximate surface area is 252 Å². The average Bonchev–Trinajstić information content (AvgIpc) is 3.47. The number of carbonyl (C=O) groups is 1. The molecular formula is C31H37N7O4S. The van der Waals surface area contributed by atoms with Crippen LogP contribution < -0.4 is 9.80 Å². The number of anilines is 2. The van der Waals surface area contributed by atoms with Gasteiger partial charge in [-0.15, -0.1) is 0 Å². The van der Waals surface area contributed by atoms with Crippen LogP contribution in [0.2, 0.25) is 0 Å². The highest BCUT2D eigenvalue weighted by molar-refractivity contribution is 7.90. The highest BCUT2D eigenvalue weighted by Crippen LogP contribution is 2.38. The van der Waals surface area contributed by atoms with Gasteiger partial charge in [-0.25, -0.2) is 32.1 Å². The lowest BCUT2D eigenvalue weighted by atomic mass is 10.1. The number of pyridine rings is 1. The molecule has 0 saturated carbocycles. The molecule has 2 fully saturated rings. The first-order valence-electron chi connectivity index (χ1n) is 14.4. The lowest BCUT2D eigenvalue weighted by molar-refractivity contribution is 0.0123. The second-order valence-corrected chi connectivity index (χ2v) is 14.3. The van der Waals surface area contributed by atoms with Crippen molar-refractivity contribution in [2.24, 2.45) is 0 Å².